The van der Waals surface area contributed by atoms with Crippen LogP contribution in [0.5, 0.6) is 0 Å². The first kappa shape index (κ1) is 107. The van der Waals surface area contributed by atoms with Crippen molar-refractivity contribution in [3.8, 4) is 0 Å². The second-order valence-corrected chi connectivity index (χ2v) is 0.848. The van der Waals surface area contributed by atoms with E-state index in [9.17, 15) is 0 Å². The van der Waals surface area contributed by atoms with Crippen molar-refractivity contribution in [3.05, 3.63) is 0 Å². The van der Waals surface area contributed by atoms with Crippen LogP contribution in [0.15, 0.2) is 0 Å². The topological polar surface area (TPSA) is 247 Å². The molecule has 0 aromatic heterocycles. The normalized spacial score (nSPS) is 2.18. The maximum atomic E-state index is 8.74. The van der Waals surface area contributed by atoms with E-state index in [1.165, 1.54) is 0 Å². The fourth-order valence-corrected chi connectivity index (χ4v) is 0. The monoisotopic (exact) mass is 210 g/mol. The Balaban J connectivity index is -0.00000000214. The van der Waals surface area contributed by atoms with E-state index >= 15 is 0 Å². The van der Waals surface area contributed by atoms with Crippen molar-refractivity contribution < 1.29 is 46.9 Å². The van der Waals surface area contributed by atoms with Crippen LogP contribution in [0.1, 0.15) is 0 Å². The summed E-state index contributed by atoms with van der Waals surface area (Å²) >= 11 is 0. The van der Waals surface area contributed by atoms with Crippen LogP contribution in [0, 0.1) is 0 Å². The van der Waals surface area contributed by atoms with Crippen molar-refractivity contribution in [1.82, 2.24) is 0 Å². The Morgan fingerprint density at radius 2 is 0.727 bits per heavy atom. The molecule has 0 aliphatic rings. The van der Waals surface area contributed by atoms with Gasteiger partial charge in [0.1, 0.15) is 0 Å². The summed E-state index contributed by atoms with van der Waals surface area (Å²) in [5.41, 5.74) is 0. The van der Waals surface area contributed by atoms with E-state index in [1.807, 2.05) is 0 Å². The minimum absolute atomic E-state index is 0. The molecule has 74 valence electrons. The van der Waals surface area contributed by atoms with Gasteiger partial charge in [-0.05, 0) is 0 Å². The van der Waals surface area contributed by atoms with Crippen molar-refractivity contribution in [2.75, 3.05) is 0 Å². The Hall–Kier alpha value is 0.377. The molecule has 0 heterocycles. The molecule has 14 N–H and O–H groups in total. The van der Waals surface area contributed by atoms with Crippen molar-refractivity contribution in [1.29, 1.82) is 0 Å². The summed E-state index contributed by atoms with van der Waals surface area (Å²) in [5, 5.41) is 0. The molecule has 0 aliphatic heterocycles. The van der Waals surface area contributed by atoms with Crippen LogP contribution in [-0.2, 0) is 4.46 Å². The minimum atomic E-state index is -3.13. The maximum absolute atomic E-state index is 8.74. The standard InChI is InChI=1S/Na.H2O3Si.6H2O.H/c;1-4(2)3;;;;;;;/h;1-2H;6*1H2;. The summed E-state index contributed by atoms with van der Waals surface area (Å²) in [4.78, 5) is 14.3. The molecule has 0 bridgehead atoms. The van der Waals surface area contributed by atoms with Crippen molar-refractivity contribution in [2.45, 2.75) is 0 Å². The second-order valence-electron chi connectivity index (χ2n) is 0.283. The Bertz CT molecular complexity index is 32.5. The van der Waals surface area contributed by atoms with Crippen LogP contribution in [0.2, 0.25) is 0 Å². The van der Waals surface area contributed by atoms with E-state index < -0.39 is 9.17 Å². The molecular weight excluding hydrogens is 195 g/mol. The Morgan fingerprint density at radius 3 is 0.727 bits per heavy atom. The Labute approximate surface area is 85.7 Å². The van der Waals surface area contributed by atoms with Gasteiger partial charge in [-0.3, -0.25) is 4.46 Å². The zero-order valence-electron chi connectivity index (χ0n) is 4.80. The average Bonchev–Trinajstić information content (AvgIpc) is 0.811. The quantitative estimate of drug-likeness (QED) is 0.370. The Morgan fingerprint density at radius 1 is 0.727 bits per heavy atom. The molecule has 0 amide bonds. The predicted molar refractivity (Wildman–Crippen MR) is 39.7 cm³/mol. The van der Waals surface area contributed by atoms with E-state index in [1.54, 1.807) is 0 Å². The molecule has 0 unspecified atom stereocenters. The van der Waals surface area contributed by atoms with Gasteiger partial charge >= 0.3 is 38.7 Å². The van der Waals surface area contributed by atoms with Gasteiger partial charge in [0, 0.05) is 0 Å². The van der Waals surface area contributed by atoms with Gasteiger partial charge < -0.3 is 42.4 Å². The van der Waals surface area contributed by atoms with Gasteiger partial charge in [-0.15, -0.1) is 0 Å². The van der Waals surface area contributed by atoms with Crippen LogP contribution in [0.25, 0.3) is 0 Å². The molecule has 0 aromatic rings. The van der Waals surface area contributed by atoms with Gasteiger partial charge in [-0.2, -0.15) is 0 Å². The fraction of sp³-hybridized carbons (Fsp3) is 0. The van der Waals surface area contributed by atoms with Crippen molar-refractivity contribution >= 4 is 38.7 Å². The zero-order valence-corrected chi connectivity index (χ0v) is 5.80. The predicted octanol–water partition coefficient (Wildman–Crippen LogP) is -7.21. The average molecular weight is 210 g/mol. The number of rotatable bonds is 0. The first-order chi connectivity index (χ1) is 1.73. The molecule has 0 atom stereocenters. The summed E-state index contributed by atoms with van der Waals surface area (Å²) < 4.78 is 8.74. The molecule has 0 rings (SSSR count). The third kappa shape index (κ3) is 5130. The van der Waals surface area contributed by atoms with Gasteiger partial charge in [0.05, 0.1) is 0 Å². The summed E-state index contributed by atoms with van der Waals surface area (Å²) in [6.07, 6.45) is 0. The van der Waals surface area contributed by atoms with E-state index in [0.29, 0.717) is 0 Å². The molecule has 0 spiro atoms. The van der Waals surface area contributed by atoms with E-state index in [-0.39, 0.29) is 62.4 Å². The third-order valence-corrected chi connectivity index (χ3v) is 0. The van der Waals surface area contributed by atoms with Crippen LogP contribution in [0.3, 0.4) is 0 Å². The molecule has 0 fully saturated rings. The van der Waals surface area contributed by atoms with Crippen LogP contribution < -0.4 is 0 Å². The van der Waals surface area contributed by atoms with Gasteiger partial charge in [0.2, 0.25) is 0 Å². The number of hydrogen-bond donors (Lipinski definition) is 2. The molecular formula is H15NaO9Si. The SMILES string of the molecule is O.O.O.O.O.O.O=[Si](O)O.[NaH]. The molecule has 0 aromatic carbocycles. The first-order valence-electron chi connectivity index (χ1n) is 0.651. The van der Waals surface area contributed by atoms with Crippen LogP contribution >= 0.6 is 0 Å². The zero-order chi connectivity index (χ0) is 3.58. The van der Waals surface area contributed by atoms with Gasteiger partial charge in [-0.25, -0.2) is 0 Å². The molecule has 11 heavy (non-hydrogen) atoms. The summed E-state index contributed by atoms with van der Waals surface area (Å²) in [6.45, 7) is 0. The molecule has 0 radical (unpaired) electrons. The summed E-state index contributed by atoms with van der Waals surface area (Å²) in [6, 6.07) is 0. The van der Waals surface area contributed by atoms with Gasteiger partial charge in [0.15, 0.2) is 0 Å². The molecule has 0 saturated heterocycles. The summed E-state index contributed by atoms with van der Waals surface area (Å²) in [5.74, 6) is 0. The van der Waals surface area contributed by atoms with Crippen LogP contribution in [-0.4, -0.2) is 81.2 Å². The first-order valence-corrected chi connectivity index (χ1v) is 1.95. The summed E-state index contributed by atoms with van der Waals surface area (Å²) in [7, 11) is -3.13. The van der Waals surface area contributed by atoms with Crippen molar-refractivity contribution in [2.24, 2.45) is 0 Å². The molecule has 11 heteroatoms. The third-order valence-electron chi connectivity index (χ3n) is 0. The molecule has 0 aliphatic carbocycles. The van der Waals surface area contributed by atoms with E-state index in [0.717, 1.165) is 0 Å². The Kier molecular flexibility index (Phi) is 781. The van der Waals surface area contributed by atoms with Crippen molar-refractivity contribution in [3.63, 3.8) is 0 Å². The fourth-order valence-electron chi connectivity index (χ4n) is 0. The molecule has 9 nitrogen and oxygen atoms in total. The van der Waals surface area contributed by atoms with Gasteiger partial charge in [-0.1, -0.05) is 0 Å². The van der Waals surface area contributed by atoms with Crippen LogP contribution in [0.4, 0.5) is 0 Å². The van der Waals surface area contributed by atoms with E-state index in [4.69, 9.17) is 14.1 Å². The van der Waals surface area contributed by atoms with Gasteiger partial charge in [0.25, 0.3) is 0 Å². The van der Waals surface area contributed by atoms with E-state index in [2.05, 4.69) is 0 Å². The number of hydrogen-bond acceptors (Lipinski definition) is 1. The second kappa shape index (κ2) is 80.0. The molecule has 0 saturated carbocycles.